The lowest BCUT2D eigenvalue weighted by molar-refractivity contribution is -0.155. The normalized spacial score (nSPS) is 27.3. The molecule has 2 fully saturated rings. The van der Waals surface area contributed by atoms with Gasteiger partial charge in [-0.25, -0.2) is 0 Å². The number of benzene rings is 2. The van der Waals surface area contributed by atoms with Crippen LogP contribution in [0.2, 0.25) is 0 Å². The Bertz CT molecular complexity index is 1070. The number of hydrogen-bond donors (Lipinski definition) is 2. The van der Waals surface area contributed by atoms with Crippen molar-refractivity contribution in [3.8, 4) is 5.75 Å². The Morgan fingerprint density at radius 1 is 1.17 bits per heavy atom. The SMILES string of the molecule is CCC1CCC(Oc2ccc3ccc([C@@H](C)N[C@@H]4C[C@@H](C(=O)O)C4(C)C)cc3c2C(F)(F)F)CC1. The number of halogens is 3. The van der Waals surface area contributed by atoms with Crippen LogP contribution in [-0.4, -0.2) is 23.2 Å². The number of ether oxygens (including phenoxy) is 1. The fraction of sp³-hybridized carbons (Fsp3) is 0.607. The molecule has 0 spiro atoms. The van der Waals surface area contributed by atoms with Crippen LogP contribution in [0.15, 0.2) is 30.3 Å². The van der Waals surface area contributed by atoms with E-state index in [0.717, 1.165) is 37.7 Å². The summed E-state index contributed by atoms with van der Waals surface area (Å²) in [4.78, 5) is 11.4. The van der Waals surface area contributed by atoms with Crippen molar-refractivity contribution in [2.45, 2.75) is 90.6 Å². The maximum atomic E-state index is 14.3. The predicted molar refractivity (Wildman–Crippen MR) is 130 cm³/mol. The first-order chi connectivity index (χ1) is 16.4. The third-order valence-corrected chi connectivity index (χ3v) is 8.47. The van der Waals surface area contributed by atoms with E-state index in [1.165, 1.54) is 6.07 Å². The van der Waals surface area contributed by atoms with Gasteiger partial charge in [0.15, 0.2) is 0 Å². The summed E-state index contributed by atoms with van der Waals surface area (Å²) in [5.74, 6) is -0.687. The van der Waals surface area contributed by atoms with Crippen molar-refractivity contribution < 1.29 is 27.8 Å². The van der Waals surface area contributed by atoms with Crippen LogP contribution >= 0.6 is 0 Å². The van der Waals surface area contributed by atoms with Crippen LogP contribution in [0.3, 0.4) is 0 Å². The molecule has 2 aliphatic rings. The first-order valence-corrected chi connectivity index (χ1v) is 12.7. The molecule has 0 amide bonds. The Balaban J connectivity index is 1.60. The largest absolute Gasteiger partial charge is 0.490 e. The van der Waals surface area contributed by atoms with Crippen molar-refractivity contribution >= 4 is 16.7 Å². The van der Waals surface area contributed by atoms with Crippen molar-refractivity contribution in [1.82, 2.24) is 5.32 Å². The van der Waals surface area contributed by atoms with Crippen molar-refractivity contribution in [1.29, 1.82) is 0 Å². The highest BCUT2D eigenvalue weighted by atomic mass is 19.4. The molecule has 2 aromatic carbocycles. The highest BCUT2D eigenvalue weighted by molar-refractivity contribution is 5.89. The van der Waals surface area contributed by atoms with E-state index >= 15 is 0 Å². The van der Waals surface area contributed by atoms with Gasteiger partial charge in [0.25, 0.3) is 0 Å². The molecule has 0 aromatic heterocycles. The number of aliphatic carboxylic acids is 1. The average molecular weight is 492 g/mol. The van der Waals surface area contributed by atoms with Gasteiger partial charge < -0.3 is 15.2 Å². The molecule has 0 unspecified atom stereocenters. The Kier molecular flexibility index (Phi) is 7.11. The van der Waals surface area contributed by atoms with Crippen molar-refractivity contribution in [2.75, 3.05) is 0 Å². The molecule has 0 radical (unpaired) electrons. The van der Waals surface area contributed by atoms with E-state index in [1.54, 1.807) is 18.2 Å². The zero-order valence-electron chi connectivity index (χ0n) is 20.9. The van der Waals surface area contributed by atoms with Crippen LogP contribution in [0.25, 0.3) is 10.8 Å². The second kappa shape index (κ2) is 9.64. The standard InChI is InChI=1S/C28H36F3NO3/c1-5-17-6-11-20(12-7-17)35-23-13-10-18-8-9-19(14-21(18)25(23)28(29,30)31)16(2)32-24-15-22(26(33)34)27(24,3)4/h8-10,13-14,16-17,20,22,24,32H,5-7,11-12,15H2,1-4H3,(H,33,34)/t16-,17?,20?,22+,24-/m1/s1. The van der Waals surface area contributed by atoms with Gasteiger partial charge in [-0.1, -0.05) is 45.4 Å². The van der Waals surface area contributed by atoms with E-state index in [2.05, 4.69) is 12.2 Å². The molecule has 0 saturated heterocycles. The van der Waals surface area contributed by atoms with Gasteiger partial charge >= 0.3 is 12.1 Å². The van der Waals surface area contributed by atoms with Gasteiger partial charge in [-0.05, 0) is 78.8 Å². The fourth-order valence-corrected chi connectivity index (χ4v) is 5.84. The van der Waals surface area contributed by atoms with Crippen molar-refractivity contribution in [3.05, 3.63) is 41.5 Å². The molecule has 2 aliphatic carbocycles. The molecular formula is C28H36F3NO3. The third kappa shape index (κ3) is 5.16. The predicted octanol–water partition coefficient (Wildman–Crippen LogP) is 7.36. The quantitative estimate of drug-likeness (QED) is 0.425. The van der Waals surface area contributed by atoms with Gasteiger partial charge in [-0.2, -0.15) is 13.2 Å². The molecule has 35 heavy (non-hydrogen) atoms. The van der Waals surface area contributed by atoms with Crippen LogP contribution in [0.4, 0.5) is 13.2 Å². The van der Waals surface area contributed by atoms with Crippen molar-refractivity contribution in [3.63, 3.8) is 0 Å². The minimum Gasteiger partial charge on any atom is -0.490 e. The number of nitrogens with one attached hydrogen (secondary N) is 1. The molecule has 192 valence electrons. The Labute approximate surface area is 205 Å². The number of fused-ring (bicyclic) bond motifs is 1. The first kappa shape index (κ1) is 25.8. The summed E-state index contributed by atoms with van der Waals surface area (Å²) in [7, 11) is 0. The van der Waals surface area contributed by atoms with Crippen molar-refractivity contribution in [2.24, 2.45) is 17.3 Å². The fourth-order valence-electron chi connectivity index (χ4n) is 5.84. The van der Waals surface area contributed by atoms with Crippen LogP contribution in [-0.2, 0) is 11.0 Å². The number of carboxylic acids is 1. The Morgan fingerprint density at radius 2 is 1.83 bits per heavy atom. The number of alkyl halides is 3. The summed E-state index contributed by atoms with van der Waals surface area (Å²) < 4.78 is 49.0. The molecule has 2 saturated carbocycles. The summed E-state index contributed by atoms with van der Waals surface area (Å²) >= 11 is 0. The number of rotatable bonds is 7. The summed E-state index contributed by atoms with van der Waals surface area (Å²) in [5.41, 5.74) is -0.402. The molecule has 4 rings (SSSR count). The Hall–Kier alpha value is -2.28. The van der Waals surface area contributed by atoms with Gasteiger partial charge in [0.1, 0.15) is 11.3 Å². The second-order valence-electron chi connectivity index (χ2n) is 11.0. The maximum Gasteiger partial charge on any atom is 0.420 e. The number of hydrogen-bond acceptors (Lipinski definition) is 3. The zero-order chi connectivity index (χ0) is 25.5. The number of carbonyl (C=O) groups is 1. The summed E-state index contributed by atoms with van der Waals surface area (Å²) in [5, 5.41) is 13.5. The summed E-state index contributed by atoms with van der Waals surface area (Å²) in [6.07, 6.45) is 0.408. The zero-order valence-corrected chi connectivity index (χ0v) is 20.9. The minimum atomic E-state index is -4.55. The lowest BCUT2D eigenvalue weighted by Crippen LogP contribution is -2.59. The molecule has 0 heterocycles. The first-order valence-electron chi connectivity index (χ1n) is 12.7. The summed E-state index contributed by atoms with van der Waals surface area (Å²) in [6.45, 7) is 7.89. The molecule has 0 bridgehead atoms. The monoisotopic (exact) mass is 491 g/mol. The van der Waals surface area contributed by atoms with E-state index < -0.39 is 29.0 Å². The van der Waals surface area contributed by atoms with Gasteiger partial charge in [-0.15, -0.1) is 0 Å². The lowest BCUT2D eigenvalue weighted by atomic mass is 9.58. The van der Waals surface area contributed by atoms with Gasteiger partial charge in [0.2, 0.25) is 0 Å². The third-order valence-electron chi connectivity index (χ3n) is 8.47. The molecule has 7 heteroatoms. The maximum absolute atomic E-state index is 14.3. The van der Waals surface area contributed by atoms with Gasteiger partial charge in [-0.3, -0.25) is 4.79 Å². The van der Waals surface area contributed by atoms with Crippen LogP contribution in [0.5, 0.6) is 5.75 Å². The second-order valence-corrected chi connectivity index (χ2v) is 11.0. The van der Waals surface area contributed by atoms with Crippen LogP contribution < -0.4 is 10.1 Å². The highest BCUT2D eigenvalue weighted by Gasteiger charge is 2.52. The van der Waals surface area contributed by atoms with E-state index in [-0.39, 0.29) is 29.3 Å². The van der Waals surface area contributed by atoms with E-state index in [1.807, 2.05) is 26.8 Å². The van der Waals surface area contributed by atoms with E-state index in [9.17, 15) is 23.1 Å². The lowest BCUT2D eigenvalue weighted by Gasteiger charge is -2.51. The summed E-state index contributed by atoms with van der Waals surface area (Å²) in [6, 6.07) is 8.08. The molecular weight excluding hydrogens is 455 g/mol. The van der Waals surface area contributed by atoms with Crippen LogP contribution in [0, 0.1) is 17.3 Å². The smallest absolute Gasteiger partial charge is 0.420 e. The molecule has 0 aliphatic heterocycles. The topological polar surface area (TPSA) is 58.6 Å². The Morgan fingerprint density at radius 3 is 2.40 bits per heavy atom. The highest BCUT2D eigenvalue weighted by Crippen LogP contribution is 2.47. The number of carboxylic acid groups (broad SMARTS) is 1. The molecule has 4 nitrogen and oxygen atoms in total. The van der Waals surface area contributed by atoms with E-state index in [0.29, 0.717) is 17.7 Å². The average Bonchev–Trinajstić information content (AvgIpc) is 2.80. The molecule has 2 N–H and O–H groups in total. The van der Waals surface area contributed by atoms with Gasteiger partial charge in [0, 0.05) is 12.1 Å². The van der Waals surface area contributed by atoms with Gasteiger partial charge in [0.05, 0.1) is 12.0 Å². The molecule has 2 aromatic rings. The van der Waals surface area contributed by atoms with E-state index in [4.69, 9.17) is 4.74 Å². The van der Waals surface area contributed by atoms with Crippen LogP contribution in [0.1, 0.15) is 83.4 Å². The molecule has 3 atom stereocenters. The minimum absolute atomic E-state index is 0.0238.